The molecule has 0 saturated carbocycles. The molecule has 0 heterocycles. The van der Waals surface area contributed by atoms with Gasteiger partial charge in [-0.05, 0) is 37.1 Å². The molecule has 0 aromatic heterocycles. The van der Waals surface area contributed by atoms with Crippen molar-refractivity contribution in [3.63, 3.8) is 0 Å². The third-order valence-electron chi connectivity index (χ3n) is 2.28. The molecular formula is C12H21Cl2FN4. The summed E-state index contributed by atoms with van der Waals surface area (Å²) in [5, 5.41) is 3.00. The lowest BCUT2D eigenvalue weighted by Gasteiger charge is -2.04. The molecule has 0 atom stereocenters. The standard InChI is InChI=1S/C12H19FN4.2ClH/c13-11-5-3-10(4-6-11)9-17-12(15)16-8-2-1-7-14;;/h3-6H,1-2,7-9,14H2,(H3,15,16,17);2*1H. The van der Waals surface area contributed by atoms with E-state index in [9.17, 15) is 4.39 Å². The Hall–Kier alpha value is -1.04. The van der Waals surface area contributed by atoms with Crippen LogP contribution in [0.15, 0.2) is 29.3 Å². The quantitative estimate of drug-likeness (QED) is 0.426. The summed E-state index contributed by atoms with van der Waals surface area (Å²) < 4.78 is 12.6. The number of benzene rings is 1. The maximum atomic E-state index is 12.6. The SMILES string of the molecule is Cl.Cl.NCCCCNC(N)=NCc1ccc(F)cc1. The highest BCUT2D eigenvalue weighted by Gasteiger charge is 1.94. The predicted octanol–water partition coefficient (Wildman–Crippen LogP) is 1.81. The summed E-state index contributed by atoms with van der Waals surface area (Å²) in [7, 11) is 0. The molecule has 0 aliphatic heterocycles. The van der Waals surface area contributed by atoms with Gasteiger partial charge in [0.15, 0.2) is 5.96 Å². The smallest absolute Gasteiger partial charge is 0.188 e. The average Bonchev–Trinajstić information content (AvgIpc) is 2.34. The Labute approximate surface area is 125 Å². The summed E-state index contributed by atoms with van der Waals surface area (Å²) in [5.41, 5.74) is 12.0. The molecule has 0 amide bonds. The molecule has 0 bridgehead atoms. The summed E-state index contributed by atoms with van der Waals surface area (Å²) >= 11 is 0. The third-order valence-corrected chi connectivity index (χ3v) is 2.28. The predicted molar refractivity (Wildman–Crippen MR) is 82.5 cm³/mol. The summed E-state index contributed by atoms with van der Waals surface area (Å²) in [6, 6.07) is 6.21. The Bertz CT molecular complexity index is 357. The van der Waals surface area contributed by atoms with Crippen LogP contribution in [0.1, 0.15) is 18.4 Å². The van der Waals surface area contributed by atoms with E-state index >= 15 is 0 Å². The van der Waals surface area contributed by atoms with Crippen LogP contribution in [-0.2, 0) is 6.54 Å². The van der Waals surface area contributed by atoms with Crippen LogP contribution in [0.25, 0.3) is 0 Å². The van der Waals surface area contributed by atoms with Gasteiger partial charge in [0.05, 0.1) is 6.54 Å². The van der Waals surface area contributed by atoms with E-state index in [4.69, 9.17) is 11.5 Å². The van der Waals surface area contributed by atoms with E-state index in [2.05, 4.69) is 10.3 Å². The van der Waals surface area contributed by atoms with E-state index in [1.54, 1.807) is 12.1 Å². The summed E-state index contributed by atoms with van der Waals surface area (Å²) in [6.45, 7) is 1.92. The van der Waals surface area contributed by atoms with Gasteiger partial charge in [-0.25, -0.2) is 9.38 Å². The lowest BCUT2D eigenvalue weighted by atomic mass is 10.2. The topological polar surface area (TPSA) is 76.4 Å². The second-order valence-corrected chi connectivity index (χ2v) is 3.75. The molecule has 0 spiro atoms. The van der Waals surface area contributed by atoms with Gasteiger partial charge >= 0.3 is 0 Å². The fraction of sp³-hybridized carbons (Fsp3) is 0.417. The molecule has 5 N–H and O–H groups in total. The highest BCUT2D eigenvalue weighted by Crippen LogP contribution is 2.03. The average molecular weight is 311 g/mol. The van der Waals surface area contributed by atoms with Crippen LogP contribution in [0, 0.1) is 5.82 Å². The van der Waals surface area contributed by atoms with Crippen LogP contribution in [0.3, 0.4) is 0 Å². The van der Waals surface area contributed by atoms with Crippen LogP contribution in [-0.4, -0.2) is 19.0 Å². The van der Waals surface area contributed by atoms with Gasteiger partial charge in [0.1, 0.15) is 5.82 Å². The normalized spacial score (nSPS) is 10.3. The van der Waals surface area contributed by atoms with Crippen LogP contribution in [0.4, 0.5) is 4.39 Å². The van der Waals surface area contributed by atoms with Gasteiger partial charge in [0.2, 0.25) is 0 Å². The Morgan fingerprint density at radius 3 is 2.37 bits per heavy atom. The Balaban J connectivity index is 0. The van der Waals surface area contributed by atoms with Gasteiger partial charge in [-0.2, -0.15) is 0 Å². The van der Waals surface area contributed by atoms with Crippen LogP contribution < -0.4 is 16.8 Å². The molecule has 0 aliphatic rings. The van der Waals surface area contributed by atoms with Gasteiger partial charge in [0.25, 0.3) is 0 Å². The number of hydrogen-bond acceptors (Lipinski definition) is 2. The Kier molecular flexibility index (Phi) is 12.8. The van der Waals surface area contributed by atoms with E-state index < -0.39 is 0 Å². The first-order valence-corrected chi connectivity index (χ1v) is 5.70. The number of hydrogen-bond donors (Lipinski definition) is 3. The lowest BCUT2D eigenvalue weighted by Crippen LogP contribution is -2.32. The molecule has 1 rings (SSSR count). The number of halogens is 3. The first-order chi connectivity index (χ1) is 8.22. The van der Waals surface area contributed by atoms with Crippen molar-refractivity contribution in [1.82, 2.24) is 5.32 Å². The van der Waals surface area contributed by atoms with Crippen LogP contribution >= 0.6 is 24.8 Å². The first kappa shape index (κ1) is 20.3. The molecule has 7 heteroatoms. The van der Waals surface area contributed by atoms with Crippen molar-refractivity contribution in [1.29, 1.82) is 0 Å². The number of guanidine groups is 1. The molecule has 19 heavy (non-hydrogen) atoms. The Morgan fingerprint density at radius 1 is 1.16 bits per heavy atom. The fourth-order valence-corrected chi connectivity index (χ4v) is 1.31. The fourth-order valence-electron chi connectivity index (χ4n) is 1.31. The molecule has 0 saturated heterocycles. The highest BCUT2D eigenvalue weighted by atomic mass is 35.5. The monoisotopic (exact) mass is 310 g/mol. The molecule has 110 valence electrons. The van der Waals surface area contributed by atoms with Gasteiger partial charge in [0, 0.05) is 6.54 Å². The molecular weight excluding hydrogens is 290 g/mol. The van der Waals surface area contributed by atoms with Crippen molar-refractivity contribution < 1.29 is 4.39 Å². The second-order valence-electron chi connectivity index (χ2n) is 3.75. The van der Waals surface area contributed by atoms with E-state index in [-0.39, 0.29) is 30.6 Å². The van der Waals surface area contributed by atoms with E-state index in [0.29, 0.717) is 19.0 Å². The number of rotatable bonds is 6. The van der Waals surface area contributed by atoms with Gasteiger partial charge in [-0.15, -0.1) is 24.8 Å². The minimum atomic E-state index is -0.245. The molecule has 0 unspecified atom stereocenters. The molecule has 1 aromatic rings. The molecule has 0 aliphatic carbocycles. The number of nitrogens with zero attached hydrogens (tertiary/aromatic N) is 1. The summed E-state index contributed by atoms with van der Waals surface area (Å²) in [4.78, 5) is 4.15. The summed E-state index contributed by atoms with van der Waals surface area (Å²) in [5.74, 6) is 0.164. The lowest BCUT2D eigenvalue weighted by molar-refractivity contribution is 0.627. The molecule has 0 fully saturated rings. The molecule has 1 aromatic carbocycles. The van der Waals surface area contributed by atoms with Crippen molar-refractivity contribution in [2.75, 3.05) is 13.1 Å². The second kappa shape index (κ2) is 12.0. The summed E-state index contributed by atoms with van der Waals surface area (Å²) in [6.07, 6.45) is 1.95. The van der Waals surface area contributed by atoms with Crippen LogP contribution in [0.2, 0.25) is 0 Å². The largest absolute Gasteiger partial charge is 0.370 e. The van der Waals surface area contributed by atoms with Crippen molar-refractivity contribution >= 4 is 30.8 Å². The zero-order chi connectivity index (χ0) is 12.5. The van der Waals surface area contributed by atoms with E-state index in [1.165, 1.54) is 12.1 Å². The first-order valence-electron chi connectivity index (χ1n) is 5.70. The Morgan fingerprint density at radius 2 is 1.79 bits per heavy atom. The number of aliphatic imine (C=N–C) groups is 1. The maximum Gasteiger partial charge on any atom is 0.188 e. The minimum Gasteiger partial charge on any atom is -0.370 e. The van der Waals surface area contributed by atoms with Gasteiger partial charge < -0.3 is 16.8 Å². The van der Waals surface area contributed by atoms with Crippen molar-refractivity contribution in [2.24, 2.45) is 16.5 Å². The number of nitrogens with one attached hydrogen (secondary N) is 1. The third kappa shape index (κ3) is 9.53. The minimum absolute atomic E-state index is 0. The molecule has 0 radical (unpaired) electrons. The van der Waals surface area contributed by atoms with E-state index in [1.807, 2.05) is 0 Å². The van der Waals surface area contributed by atoms with Crippen molar-refractivity contribution in [3.05, 3.63) is 35.6 Å². The number of unbranched alkanes of at least 4 members (excludes halogenated alkanes) is 1. The van der Waals surface area contributed by atoms with E-state index in [0.717, 1.165) is 24.9 Å². The van der Waals surface area contributed by atoms with Crippen LogP contribution in [0.5, 0.6) is 0 Å². The molecule has 4 nitrogen and oxygen atoms in total. The van der Waals surface area contributed by atoms with Crippen molar-refractivity contribution in [2.45, 2.75) is 19.4 Å². The van der Waals surface area contributed by atoms with Crippen molar-refractivity contribution in [3.8, 4) is 0 Å². The maximum absolute atomic E-state index is 12.6. The zero-order valence-corrected chi connectivity index (χ0v) is 12.3. The highest BCUT2D eigenvalue weighted by molar-refractivity contribution is 5.85. The number of nitrogens with two attached hydrogens (primary N) is 2. The zero-order valence-electron chi connectivity index (χ0n) is 10.6. The van der Waals surface area contributed by atoms with Gasteiger partial charge in [-0.1, -0.05) is 12.1 Å². The van der Waals surface area contributed by atoms with Gasteiger partial charge in [-0.3, -0.25) is 0 Å².